The molecule has 3 heteroatoms. The third kappa shape index (κ3) is 1.45. The quantitative estimate of drug-likeness (QED) is 0.586. The summed E-state index contributed by atoms with van der Waals surface area (Å²) in [5, 5.41) is 1.33. The van der Waals surface area contributed by atoms with Crippen LogP contribution in [0.4, 0.5) is 10.1 Å². The normalized spacial score (nSPS) is 10.1. The molecule has 0 heterocycles. The molecule has 0 aromatic heterocycles. The maximum atomic E-state index is 13.5. The zero-order valence-corrected chi connectivity index (χ0v) is 8.75. The zero-order chi connectivity index (χ0) is 11.7. The number of hydrogen-bond acceptors (Lipinski definition) is 2. The van der Waals surface area contributed by atoms with Gasteiger partial charge in [0.2, 0.25) is 0 Å². The first-order valence-electron chi connectivity index (χ1n) is 4.69. The second kappa shape index (κ2) is 3.74. The molecule has 2 rings (SSSR count). The predicted molar refractivity (Wildman–Crippen MR) is 62.8 cm³/mol. The molecule has 80 valence electrons. The van der Waals surface area contributed by atoms with Gasteiger partial charge in [-0.15, -0.1) is 6.42 Å². The average Bonchev–Trinajstić information content (AvgIpc) is 2.29. The summed E-state index contributed by atoms with van der Waals surface area (Å²) in [5.41, 5.74) is 6.45. The van der Waals surface area contributed by atoms with E-state index in [4.69, 9.17) is 16.9 Å². The van der Waals surface area contributed by atoms with Gasteiger partial charge in [-0.25, -0.2) is 4.39 Å². The standard InChI is InChI=1S/C13H10FNO/c1-3-10-11(14)5-4-8-6-9(16-2)7-12(15)13(8)10/h1,4-7H,15H2,2H3. The third-order valence-electron chi connectivity index (χ3n) is 2.45. The SMILES string of the molecule is C#Cc1c(F)ccc2cc(OC)cc(N)c12. The fourth-order valence-electron chi connectivity index (χ4n) is 1.70. The maximum Gasteiger partial charge on any atom is 0.139 e. The fraction of sp³-hybridized carbons (Fsp3) is 0.0769. The summed E-state index contributed by atoms with van der Waals surface area (Å²) in [6, 6.07) is 6.36. The van der Waals surface area contributed by atoms with Gasteiger partial charge in [-0.05, 0) is 17.5 Å². The Kier molecular flexibility index (Phi) is 2.41. The van der Waals surface area contributed by atoms with E-state index in [1.165, 1.54) is 6.07 Å². The second-order valence-electron chi connectivity index (χ2n) is 3.38. The van der Waals surface area contributed by atoms with Crippen LogP contribution in [0.3, 0.4) is 0 Å². The van der Waals surface area contributed by atoms with Crippen molar-refractivity contribution in [3.63, 3.8) is 0 Å². The monoisotopic (exact) mass is 215 g/mol. The van der Waals surface area contributed by atoms with Crippen molar-refractivity contribution in [3.8, 4) is 18.1 Å². The molecule has 2 aromatic rings. The Bertz CT molecular complexity index is 599. The van der Waals surface area contributed by atoms with Gasteiger partial charge in [-0.2, -0.15) is 0 Å². The van der Waals surface area contributed by atoms with E-state index in [2.05, 4.69) is 5.92 Å². The largest absolute Gasteiger partial charge is 0.497 e. The minimum atomic E-state index is -0.438. The van der Waals surface area contributed by atoms with E-state index in [0.29, 0.717) is 16.8 Å². The van der Waals surface area contributed by atoms with Gasteiger partial charge in [0.05, 0.1) is 12.7 Å². The number of methoxy groups -OCH3 is 1. The molecular weight excluding hydrogens is 205 g/mol. The summed E-state index contributed by atoms with van der Waals surface area (Å²) in [7, 11) is 1.55. The number of anilines is 1. The van der Waals surface area contributed by atoms with Gasteiger partial charge in [-0.3, -0.25) is 0 Å². The Morgan fingerprint density at radius 1 is 1.38 bits per heavy atom. The predicted octanol–water partition coefficient (Wildman–Crippen LogP) is 2.55. The van der Waals surface area contributed by atoms with E-state index in [1.807, 2.05) is 0 Å². The van der Waals surface area contributed by atoms with Crippen LogP contribution in [0.5, 0.6) is 5.75 Å². The zero-order valence-electron chi connectivity index (χ0n) is 8.75. The smallest absolute Gasteiger partial charge is 0.139 e. The van der Waals surface area contributed by atoms with E-state index in [0.717, 1.165) is 5.39 Å². The Morgan fingerprint density at radius 2 is 2.12 bits per heavy atom. The van der Waals surface area contributed by atoms with Gasteiger partial charge in [0.1, 0.15) is 11.6 Å². The van der Waals surface area contributed by atoms with Crippen LogP contribution in [0.25, 0.3) is 10.8 Å². The maximum absolute atomic E-state index is 13.5. The van der Waals surface area contributed by atoms with Crippen molar-refractivity contribution in [2.24, 2.45) is 0 Å². The molecule has 0 bridgehead atoms. The van der Waals surface area contributed by atoms with Gasteiger partial charge < -0.3 is 10.5 Å². The third-order valence-corrected chi connectivity index (χ3v) is 2.45. The summed E-state index contributed by atoms with van der Waals surface area (Å²) >= 11 is 0. The van der Waals surface area contributed by atoms with Crippen molar-refractivity contribution in [2.45, 2.75) is 0 Å². The molecule has 0 saturated carbocycles. The van der Waals surface area contributed by atoms with Crippen LogP contribution >= 0.6 is 0 Å². The Hall–Kier alpha value is -2.21. The number of terminal acetylenes is 1. The molecule has 0 spiro atoms. The van der Waals surface area contributed by atoms with Crippen LogP contribution in [0.1, 0.15) is 5.56 Å². The van der Waals surface area contributed by atoms with Crippen molar-refractivity contribution in [2.75, 3.05) is 12.8 Å². The average molecular weight is 215 g/mol. The molecule has 0 unspecified atom stereocenters. The van der Waals surface area contributed by atoms with Crippen molar-refractivity contribution in [1.82, 2.24) is 0 Å². The van der Waals surface area contributed by atoms with E-state index in [1.54, 1.807) is 25.3 Å². The highest BCUT2D eigenvalue weighted by Gasteiger charge is 2.09. The lowest BCUT2D eigenvalue weighted by Crippen LogP contribution is -1.94. The molecule has 0 radical (unpaired) electrons. The van der Waals surface area contributed by atoms with Crippen LogP contribution < -0.4 is 10.5 Å². The highest BCUT2D eigenvalue weighted by Crippen LogP contribution is 2.30. The molecule has 0 atom stereocenters. The first-order chi connectivity index (χ1) is 7.67. The van der Waals surface area contributed by atoms with Gasteiger partial charge >= 0.3 is 0 Å². The van der Waals surface area contributed by atoms with Gasteiger partial charge in [0, 0.05) is 17.1 Å². The molecule has 2 N–H and O–H groups in total. The molecule has 0 saturated heterocycles. The highest BCUT2D eigenvalue weighted by molar-refractivity contribution is 5.98. The van der Waals surface area contributed by atoms with E-state index >= 15 is 0 Å². The molecule has 0 aliphatic heterocycles. The minimum Gasteiger partial charge on any atom is -0.497 e. The summed E-state index contributed by atoms with van der Waals surface area (Å²) < 4.78 is 18.5. The number of rotatable bonds is 1. The lowest BCUT2D eigenvalue weighted by Gasteiger charge is -2.08. The number of nitrogens with two attached hydrogens (primary N) is 1. The fourth-order valence-corrected chi connectivity index (χ4v) is 1.70. The first-order valence-corrected chi connectivity index (χ1v) is 4.69. The summed E-state index contributed by atoms with van der Waals surface area (Å²) in [6.45, 7) is 0. The lowest BCUT2D eigenvalue weighted by atomic mass is 10.0. The number of benzene rings is 2. The van der Waals surface area contributed by atoms with Crippen molar-refractivity contribution < 1.29 is 9.13 Å². The summed E-state index contributed by atoms with van der Waals surface area (Å²) in [4.78, 5) is 0. The number of ether oxygens (including phenoxy) is 1. The number of hydrogen-bond donors (Lipinski definition) is 1. The van der Waals surface area contributed by atoms with Crippen LogP contribution in [-0.4, -0.2) is 7.11 Å². The molecule has 0 amide bonds. The Balaban J connectivity index is 2.90. The van der Waals surface area contributed by atoms with Gasteiger partial charge in [0.25, 0.3) is 0 Å². The van der Waals surface area contributed by atoms with Crippen molar-refractivity contribution >= 4 is 16.5 Å². The van der Waals surface area contributed by atoms with Crippen LogP contribution in [-0.2, 0) is 0 Å². The van der Waals surface area contributed by atoms with Crippen LogP contribution in [0.2, 0.25) is 0 Å². The molecular formula is C13H10FNO. The minimum absolute atomic E-state index is 0.192. The van der Waals surface area contributed by atoms with Gasteiger partial charge in [-0.1, -0.05) is 12.0 Å². The lowest BCUT2D eigenvalue weighted by molar-refractivity contribution is 0.415. The molecule has 0 aliphatic carbocycles. The Morgan fingerprint density at radius 3 is 2.75 bits per heavy atom. The number of nitrogen functional groups attached to an aromatic ring is 1. The molecule has 0 aliphatic rings. The van der Waals surface area contributed by atoms with Gasteiger partial charge in [0.15, 0.2) is 0 Å². The second-order valence-corrected chi connectivity index (χ2v) is 3.38. The molecule has 2 nitrogen and oxygen atoms in total. The molecule has 0 fully saturated rings. The highest BCUT2D eigenvalue weighted by atomic mass is 19.1. The van der Waals surface area contributed by atoms with E-state index in [-0.39, 0.29) is 5.56 Å². The summed E-state index contributed by atoms with van der Waals surface area (Å²) in [6.07, 6.45) is 5.28. The summed E-state index contributed by atoms with van der Waals surface area (Å²) in [5.74, 6) is 2.51. The Labute approximate surface area is 92.8 Å². The number of fused-ring (bicyclic) bond motifs is 1. The molecule has 16 heavy (non-hydrogen) atoms. The topological polar surface area (TPSA) is 35.2 Å². The molecule has 2 aromatic carbocycles. The van der Waals surface area contributed by atoms with Crippen LogP contribution in [0.15, 0.2) is 24.3 Å². The van der Waals surface area contributed by atoms with Crippen molar-refractivity contribution in [1.29, 1.82) is 0 Å². The van der Waals surface area contributed by atoms with Crippen molar-refractivity contribution in [3.05, 3.63) is 35.6 Å². The van der Waals surface area contributed by atoms with Crippen LogP contribution in [0, 0.1) is 18.2 Å². The van der Waals surface area contributed by atoms with E-state index < -0.39 is 5.82 Å². The first kappa shape index (κ1) is 10.3. The van der Waals surface area contributed by atoms with E-state index in [9.17, 15) is 4.39 Å². The number of halogens is 1.